The van der Waals surface area contributed by atoms with Gasteiger partial charge < -0.3 is 10.1 Å². The number of ether oxygens (including phenoxy) is 1. The quantitative estimate of drug-likeness (QED) is 0.718. The lowest BCUT2D eigenvalue weighted by molar-refractivity contribution is -0.120. The maximum atomic E-state index is 11.9. The molecule has 6 nitrogen and oxygen atoms in total. The molecule has 0 saturated heterocycles. The topological polar surface area (TPSA) is 89.5 Å². The van der Waals surface area contributed by atoms with E-state index in [1.54, 1.807) is 24.3 Å². The average molecular weight is 313 g/mol. The Kier molecular flexibility index (Phi) is 6.36. The first kappa shape index (κ1) is 17.2. The van der Waals surface area contributed by atoms with Crippen LogP contribution < -0.4 is 10.1 Å². The van der Waals surface area contributed by atoms with Crippen molar-refractivity contribution < 1.29 is 22.7 Å². The zero-order valence-electron chi connectivity index (χ0n) is 12.1. The van der Waals surface area contributed by atoms with Crippen LogP contribution in [-0.2, 0) is 14.6 Å². The van der Waals surface area contributed by atoms with Crippen LogP contribution in [0.15, 0.2) is 24.3 Å². The van der Waals surface area contributed by atoms with Crippen LogP contribution in [-0.4, -0.2) is 45.8 Å². The van der Waals surface area contributed by atoms with Crippen molar-refractivity contribution in [1.82, 2.24) is 5.32 Å². The van der Waals surface area contributed by atoms with Crippen LogP contribution in [0.2, 0.25) is 0 Å². The number of carbonyl (C=O) groups is 2. The number of ketones is 1. The highest BCUT2D eigenvalue weighted by Gasteiger charge is 2.10. The number of carbonyl (C=O) groups excluding carboxylic acids is 2. The summed E-state index contributed by atoms with van der Waals surface area (Å²) in [6, 6.07) is 6.64. The van der Waals surface area contributed by atoms with Gasteiger partial charge in [-0.1, -0.05) is 0 Å². The monoisotopic (exact) mass is 313 g/mol. The number of rotatable bonds is 8. The maximum absolute atomic E-state index is 11.9. The minimum atomic E-state index is -3.09. The van der Waals surface area contributed by atoms with Crippen molar-refractivity contribution >= 4 is 21.5 Å². The molecule has 1 N–H and O–H groups in total. The molecule has 0 saturated carbocycles. The molecule has 0 unspecified atom stereocenters. The van der Waals surface area contributed by atoms with Gasteiger partial charge in [0.05, 0.1) is 12.9 Å². The van der Waals surface area contributed by atoms with Crippen molar-refractivity contribution in [3.8, 4) is 5.75 Å². The van der Waals surface area contributed by atoms with Crippen molar-refractivity contribution in [2.45, 2.75) is 12.8 Å². The number of hydrogen-bond donors (Lipinski definition) is 1. The first-order valence-electron chi connectivity index (χ1n) is 6.43. The lowest BCUT2D eigenvalue weighted by Gasteiger charge is -2.05. The van der Waals surface area contributed by atoms with E-state index in [1.807, 2.05) is 0 Å². The van der Waals surface area contributed by atoms with Crippen molar-refractivity contribution in [3.05, 3.63) is 29.8 Å². The number of hydrogen-bond acceptors (Lipinski definition) is 5. The van der Waals surface area contributed by atoms with Gasteiger partial charge in [-0.3, -0.25) is 9.59 Å². The van der Waals surface area contributed by atoms with Gasteiger partial charge in [-0.15, -0.1) is 0 Å². The summed E-state index contributed by atoms with van der Waals surface area (Å²) in [5, 5.41) is 2.47. The van der Waals surface area contributed by atoms with E-state index >= 15 is 0 Å². The van der Waals surface area contributed by atoms with Crippen molar-refractivity contribution in [3.63, 3.8) is 0 Å². The van der Waals surface area contributed by atoms with Crippen LogP contribution in [0.3, 0.4) is 0 Å². The highest BCUT2D eigenvalue weighted by atomic mass is 32.2. The summed E-state index contributed by atoms with van der Waals surface area (Å²) in [7, 11) is -1.55. The average Bonchev–Trinajstić information content (AvgIpc) is 2.43. The highest BCUT2D eigenvalue weighted by Crippen LogP contribution is 2.13. The molecule has 116 valence electrons. The fourth-order valence-corrected chi connectivity index (χ4v) is 2.09. The van der Waals surface area contributed by atoms with E-state index in [9.17, 15) is 18.0 Å². The first-order chi connectivity index (χ1) is 9.81. The lowest BCUT2D eigenvalue weighted by Crippen LogP contribution is -2.29. The Morgan fingerprint density at radius 1 is 1.14 bits per heavy atom. The second-order valence-corrected chi connectivity index (χ2v) is 6.89. The standard InChI is InChI=1S/C14H19NO5S/c1-20-12-5-3-11(4-6-12)13(16)7-8-14(17)15-9-10-21(2,18)19/h3-6H,7-10H2,1-2H3,(H,15,17). The van der Waals surface area contributed by atoms with E-state index in [0.717, 1.165) is 6.26 Å². The molecule has 0 aliphatic heterocycles. The van der Waals surface area contributed by atoms with Gasteiger partial charge in [-0.25, -0.2) is 8.42 Å². The number of sulfone groups is 1. The summed E-state index contributed by atoms with van der Waals surface area (Å²) in [6.45, 7) is 0.0639. The molecule has 21 heavy (non-hydrogen) atoms. The second-order valence-electron chi connectivity index (χ2n) is 4.63. The Morgan fingerprint density at radius 3 is 2.29 bits per heavy atom. The molecule has 0 aliphatic rings. The maximum Gasteiger partial charge on any atom is 0.220 e. The van der Waals surface area contributed by atoms with Gasteiger partial charge in [0.15, 0.2) is 5.78 Å². The van der Waals surface area contributed by atoms with Crippen LogP contribution in [0.1, 0.15) is 23.2 Å². The van der Waals surface area contributed by atoms with Crippen LogP contribution >= 0.6 is 0 Å². The van der Waals surface area contributed by atoms with Crippen molar-refractivity contribution in [1.29, 1.82) is 0 Å². The third-order valence-corrected chi connectivity index (χ3v) is 3.73. The highest BCUT2D eigenvalue weighted by molar-refractivity contribution is 7.90. The second kappa shape index (κ2) is 7.78. The summed E-state index contributed by atoms with van der Waals surface area (Å²) in [4.78, 5) is 23.4. The Balaban J connectivity index is 2.36. The van der Waals surface area contributed by atoms with E-state index in [0.29, 0.717) is 11.3 Å². The summed E-state index contributed by atoms with van der Waals surface area (Å²) >= 11 is 0. The smallest absolute Gasteiger partial charge is 0.220 e. The fraction of sp³-hybridized carbons (Fsp3) is 0.429. The number of nitrogens with one attached hydrogen (secondary N) is 1. The van der Waals surface area contributed by atoms with Crippen LogP contribution in [0.5, 0.6) is 5.75 Å². The largest absolute Gasteiger partial charge is 0.497 e. The summed E-state index contributed by atoms with van der Waals surface area (Å²) < 4.78 is 26.8. The van der Waals surface area contributed by atoms with Crippen LogP contribution in [0.25, 0.3) is 0 Å². The molecule has 0 spiro atoms. The molecule has 0 aliphatic carbocycles. The Morgan fingerprint density at radius 2 is 1.76 bits per heavy atom. The van der Waals surface area contributed by atoms with Crippen molar-refractivity contribution in [2.24, 2.45) is 0 Å². The molecular weight excluding hydrogens is 294 g/mol. The molecule has 1 rings (SSSR count). The van der Waals surface area contributed by atoms with Gasteiger partial charge in [0, 0.05) is 31.2 Å². The molecule has 1 amide bonds. The predicted molar refractivity (Wildman–Crippen MR) is 79.3 cm³/mol. The van der Waals surface area contributed by atoms with E-state index in [1.165, 1.54) is 7.11 Å². The van der Waals surface area contributed by atoms with Crippen LogP contribution in [0, 0.1) is 0 Å². The zero-order valence-corrected chi connectivity index (χ0v) is 12.9. The first-order valence-corrected chi connectivity index (χ1v) is 8.49. The van der Waals surface area contributed by atoms with Gasteiger partial charge in [0.1, 0.15) is 15.6 Å². The number of methoxy groups -OCH3 is 1. The normalized spacial score (nSPS) is 11.0. The van der Waals surface area contributed by atoms with Gasteiger partial charge in [0.25, 0.3) is 0 Å². The zero-order chi connectivity index (χ0) is 15.9. The van der Waals surface area contributed by atoms with E-state index in [-0.39, 0.29) is 36.8 Å². The van der Waals surface area contributed by atoms with Crippen LogP contribution in [0.4, 0.5) is 0 Å². The molecule has 0 bridgehead atoms. The molecule has 0 aromatic heterocycles. The number of Topliss-reactive ketones (excluding diaryl/α,β-unsaturated/α-hetero) is 1. The summed E-state index contributed by atoms with van der Waals surface area (Å²) in [6.07, 6.45) is 1.22. The molecule has 0 atom stereocenters. The van der Waals surface area contributed by atoms with Gasteiger partial charge in [-0.2, -0.15) is 0 Å². The van der Waals surface area contributed by atoms with Gasteiger partial charge in [-0.05, 0) is 24.3 Å². The molecular formula is C14H19NO5S. The third-order valence-electron chi connectivity index (χ3n) is 2.79. The number of amides is 1. The predicted octanol–water partition coefficient (Wildman–Crippen LogP) is 0.819. The minimum Gasteiger partial charge on any atom is -0.497 e. The molecule has 1 aromatic rings. The molecule has 0 radical (unpaired) electrons. The number of benzene rings is 1. The molecule has 1 aromatic carbocycles. The van der Waals surface area contributed by atoms with Crippen molar-refractivity contribution in [2.75, 3.05) is 25.7 Å². The molecule has 7 heteroatoms. The van der Waals surface area contributed by atoms with Gasteiger partial charge >= 0.3 is 0 Å². The minimum absolute atomic E-state index is 0.0363. The Bertz CT molecular complexity index is 592. The third kappa shape index (κ3) is 6.89. The summed E-state index contributed by atoms with van der Waals surface area (Å²) in [5.74, 6) is 0.0760. The van der Waals surface area contributed by atoms with Gasteiger partial charge in [0.2, 0.25) is 5.91 Å². The SMILES string of the molecule is COc1ccc(C(=O)CCC(=O)NCCS(C)(=O)=O)cc1. The lowest BCUT2D eigenvalue weighted by atomic mass is 10.1. The Labute approximate surface area is 124 Å². The molecule has 0 heterocycles. The van der Waals surface area contributed by atoms with E-state index in [2.05, 4.69) is 5.32 Å². The molecule has 0 fully saturated rings. The van der Waals surface area contributed by atoms with E-state index in [4.69, 9.17) is 4.74 Å². The van der Waals surface area contributed by atoms with E-state index < -0.39 is 9.84 Å². The fourth-order valence-electron chi connectivity index (χ4n) is 1.61. The Hall–Kier alpha value is -1.89. The summed E-state index contributed by atoms with van der Waals surface area (Å²) in [5.41, 5.74) is 0.514.